The zero-order valence-corrected chi connectivity index (χ0v) is 9.30. The third-order valence-electron chi connectivity index (χ3n) is 4.52. The Kier molecular flexibility index (Phi) is 1.77. The van der Waals surface area contributed by atoms with E-state index in [4.69, 9.17) is 9.47 Å². The van der Waals surface area contributed by atoms with Crippen LogP contribution < -0.4 is 0 Å². The third-order valence-corrected chi connectivity index (χ3v) is 4.52. The van der Waals surface area contributed by atoms with Crippen LogP contribution in [0.5, 0.6) is 0 Å². The second-order valence-corrected chi connectivity index (χ2v) is 4.84. The molecule has 0 spiro atoms. The largest absolute Gasteiger partial charge is 0.469 e. The summed E-state index contributed by atoms with van der Waals surface area (Å²) in [5, 5.41) is 0. The lowest BCUT2D eigenvalue weighted by Crippen LogP contribution is -2.38. The number of esters is 2. The van der Waals surface area contributed by atoms with Gasteiger partial charge in [-0.15, -0.1) is 0 Å². The molecular weight excluding hydrogens is 208 g/mol. The first-order chi connectivity index (χ1) is 7.67. The molecule has 4 aliphatic rings. The zero-order valence-electron chi connectivity index (χ0n) is 9.30. The molecule has 0 heterocycles. The normalized spacial score (nSPS) is 46.4. The third kappa shape index (κ3) is 0.829. The van der Waals surface area contributed by atoms with Crippen LogP contribution in [0.15, 0.2) is 12.2 Å². The first-order valence-electron chi connectivity index (χ1n) is 5.52. The summed E-state index contributed by atoms with van der Waals surface area (Å²) in [5.74, 6) is -0.214. The van der Waals surface area contributed by atoms with Crippen molar-refractivity contribution in [3.63, 3.8) is 0 Å². The van der Waals surface area contributed by atoms with Crippen molar-refractivity contribution < 1.29 is 19.1 Å². The molecule has 0 aromatic heterocycles. The van der Waals surface area contributed by atoms with Gasteiger partial charge in [0.2, 0.25) is 0 Å². The summed E-state index contributed by atoms with van der Waals surface area (Å²) in [6, 6.07) is 0. The molecule has 4 bridgehead atoms. The Morgan fingerprint density at radius 1 is 1.25 bits per heavy atom. The average molecular weight is 222 g/mol. The maximum absolute atomic E-state index is 11.9. The highest BCUT2D eigenvalue weighted by Gasteiger charge is 2.81. The Labute approximate surface area is 93.6 Å². The molecule has 5 atom stereocenters. The number of allylic oxidation sites excluding steroid dienone is 2. The van der Waals surface area contributed by atoms with E-state index in [1.807, 2.05) is 0 Å². The van der Waals surface area contributed by atoms with Crippen molar-refractivity contribution in [2.45, 2.75) is 6.42 Å². The van der Waals surface area contributed by atoms with Crippen molar-refractivity contribution in [1.29, 1.82) is 0 Å². The van der Waals surface area contributed by atoms with E-state index in [1.54, 1.807) is 0 Å². The fourth-order valence-corrected chi connectivity index (χ4v) is 3.91. The van der Waals surface area contributed by atoms with Gasteiger partial charge in [0.1, 0.15) is 0 Å². The standard InChI is InChI=1S/C12H14O4/c1-15-10(13)9-6-3-4-7-8(5-6)12(7,9)11(14)16-2/h3-4,6-9H,5H2,1-2H3. The summed E-state index contributed by atoms with van der Waals surface area (Å²) in [7, 11) is 2.76. The number of carbonyl (C=O) groups is 2. The van der Waals surface area contributed by atoms with Gasteiger partial charge in [-0.1, -0.05) is 12.2 Å². The number of rotatable bonds is 2. The molecule has 0 radical (unpaired) electrons. The van der Waals surface area contributed by atoms with Crippen LogP contribution in [0.2, 0.25) is 0 Å². The zero-order chi connectivity index (χ0) is 11.5. The molecule has 86 valence electrons. The van der Waals surface area contributed by atoms with Crippen LogP contribution >= 0.6 is 0 Å². The first-order valence-corrected chi connectivity index (χ1v) is 5.52. The quantitative estimate of drug-likeness (QED) is 0.511. The Balaban J connectivity index is 2.02. The molecule has 4 rings (SSSR count). The highest BCUT2D eigenvalue weighted by molar-refractivity contribution is 5.91. The van der Waals surface area contributed by atoms with Crippen molar-refractivity contribution >= 4 is 11.9 Å². The van der Waals surface area contributed by atoms with Gasteiger partial charge >= 0.3 is 11.9 Å². The molecule has 4 aliphatic carbocycles. The van der Waals surface area contributed by atoms with Gasteiger partial charge < -0.3 is 9.47 Å². The number of ether oxygens (including phenoxy) is 2. The minimum atomic E-state index is -0.596. The molecule has 0 aromatic carbocycles. The van der Waals surface area contributed by atoms with E-state index in [2.05, 4.69) is 12.2 Å². The topological polar surface area (TPSA) is 52.6 Å². The lowest BCUT2D eigenvalue weighted by atomic mass is 9.76. The monoisotopic (exact) mass is 222 g/mol. The van der Waals surface area contributed by atoms with Gasteiger partial charge in [0.25, 0.3) is 0 Å². The molecule has 4 nitrogen and oxygen atoms in total. The van der Waals surface area contributed by atoms with E-state index in [9.17, 15) is 9.59 Å². The number of methoxy groups -OCH3 is 2. The smallest absolute Gasteiger partial charge is 0.313 e. The molecule has 16 heavy (non-hydrogen) atoms. The van der Waals surface area contributed by atoms with Gasteiger partial charge in [-0.2, -0.15) is 0 Å². The highest BCUT2D eigenvalue weighted by atomic mass is 16.5. The maximum atomic E-state index is 11.9. The number of hydrogen-bond donors (Lipinski definition) is 0. The summed E-state index contributed by atoms with van der Waals surface area (Å²) >= 11 is 0. The van der Waals surface area contributed by atoms with Crippen molar-refractivity contribution in [3.8, 4) is 0 Å². The van der Waals surface area contributed by atoms with E-state index in [1.165, 1.54) is 14.2 Å². The Hall–Kier alpha value is -1.32. The summed E-state index contributed by atoms with van der Waals surface area (Å²) in [6.45, 7) is 0. The van der Waals surface area contributed by atoms with Crippen molar-refractivity contribution in [2.75, 3.05) is 14.2 Å². The van der Waals surface area contributed by atoms with Crippen molar-refractivity contribution in [2.24, 2.45) is 29.1 Å². The molecule has 4 heteroatoms. The summed E-state index contributed by atoms with van der Waals surface area (Å²) in [4.78, 5) is 23.7. The van der Waals surface area contributed by atoms with E-state index in [0.29, 0.717) is 5.92 Å². The average Bonchev–Trinajstić information content (AvgIpc) is 2.90. The Morgan fingerprint density at radius 3 is 2.56 bits per heavy atom. The van der Waals surface area contributed by atoms with Crippen LogP contribution in [0, 0.1) is 29.1 Å². The van der Waals surface area contributed by atoms with Crippen LogP contribution in [0.4, 0.5) is 0 Å². The van der Waals surface area contributed by atoms with Crippen LogP contribution in [0.1, 0.15) is 6.42 Å². The molecule has 0 amide bonds. The van der Waals surface area contributed by atoms with E-state index < -0.39 is 5.41 Å². The van der Waals surface area contributed by atoms with Crippen LogP contribution in [-0.4, -0.2) is 26.2 Å². The second-order valence-electron chi connectivity index (χ2n) is 4.84. The van der Waals surface area contributed by atoms with Crippen LogP contribution in [0.25, 0.3) is 0 Å². The molecule has 2 saturated carbocycles. The highest BCUT2D eigenvalue weighted by Crippen LogP contribution is 2.76. The lowest BCUT2D eigenvalue weighted by molar-refractivity contribution is -0.160. The SMILES string of the molecule is COC(=O)C1C2C=CC3C(C2)C31C(=O)OC. The predicted molar refractivity (Wildman–Crippen MR) is 54.2 cm³/mol. The molecule has 0 aromatic rings. The molecule has 2 fully saturated rings. The maximum Gasteiger partial charge on any atom is 0.313 e. The predicted octanol–water partition coefficient (Wildman–Crippen LogP) is 0.771. The fourth-order valence-electron chi connectivity index (χ4n) is 3.91. The van der Waals surface area contributed by atoms with Gasteiger partial charge in [-0.3, -0.25) is 9.59 Å². The Bertz CT molecular complexity index is 396. The van der Waals surface area contributed by atoms with Crippen molar-refractivity contribution in [1.82, 2.24) is 0 Å². The molecule has 0 saturated heterocycles. The Morgan fingerprint density at radius 2 is 2.00 bits per heavy atom. The minimum Gasteiger partial charge on any atom is -0.469 e. The van der Waals surface area contributed by atoms with E-state index in [-0.39, 0.29) is 29.7 Å². The summed E-state index contributed by atoms with van der Waals surface area (Å²) in [6.07, 6.45) is 5.03. The van der Waals surface area contributed by atoms with Crippen LogP contribution in [-0.2, 0) is 19.1 Å². The minimum absolute atomic E-state index is 0.154. The van der Waals surface area contributed by atoms with Crippen LogP contribution in [0.3, 0.4) is 0 Å². The van der Waals surface area contributed by atoms with Gasteiger partial charge in [-0.05, 0) is 24.2 Å². The van der Waals surface area contributed by atoms with Crippen molar-refractivity contribution in [3.05, 3.63) is 12.2 Å². The van der Waals surface area contributed by atoms with Gasteiger partial charge in [0.15, 0.2) is 0 Å². The fraction of sp³-hybridized carbons (Fsp3) is 0.667. The van der Waals surface area contributed by atoms with Gasteiger partial charge in [0, 0.05) is 0 Å². The second kappa shape index (κ2) is 2.87. The number of hydrogen-bond acceptors (Lipinski definition) is 4. The molecule has 0 N–H and O–H groups in total. The lowest BCUT2D eigenvalue weighted by Gasteiger charge is -2.28. The molecule has 0 aliphatic heterocycles. The summed E-state index contributed by atoms with van der Waals surface area (Å²) in [5.41, 5.74) is -0.596. The number of carbonyl (C=O) groups excluding carboxylic acids is 2. The molecular formula is C12H14O4. The summed E-state index contributed by atoms with van der Waals surface area (Å²) < 4.78 is 9.70. The van der Waals surface area contributed by atoms with E-state index in [0.717, 1.165) is 6.42 Å². The van der Waals surface area contributed by atoms with Gasteiger partial charge in [-0.25, -0.2) is 0 Å². The molecule has 5 unspecified atom stereocenters. The van der Waals surface area contributed by atoms with Gasteiger partial charge in [0.05, 0.1) is 25.6 Å². The van der Waals surface area contributed by atoms with E-state index >= 15 is 0 Å². The first kappa shape index (κ1) is 9.87.